The Kier molecular flexibility index (Phi) is 6.98. The number of thiophene rings is 1. The van der Waals surface area contributed by atoms with Gasteiger partial charge in [-0.2, -0.15) is 11.3 Å². The molecule has 2 heterocycles. The minimum atomic E-state index is -0.245. The Bertz CT molecular complexity index is 935. The van der Waals surface area contributed by atoms with Crippen LogP contribution in [0.25, 0.3) is 0 Å². The smallest absolute Gasteiger partial charge is 0.254 e. The Balaban J connectivity index is 1.63. The first-order chi connectivity index (χ1) is 15.5. The quantitative estimate of drug-likeness (QED) is 0.644. The number of piperidine rings is 1. The molecule has 2 atom stereocenters. The van der Waals surface area contributed by atoms with Crippen LogP contribution in [-0.2, 0) is 19.7 Å². The molecule has 172 valence electrons. The van der Waals surface area contributed by atoms with Gasteiger partial charge in [0.25, 0.3) is 5.91 Å². The summed E-state index contributed by atoms with van der Waals surface area (Å²) < 4.78 is 11.7. The van der Waals surface area contributed by atoms with E-state index >= 15 is 0 Å². The van der Waals surface area contributed by atoms with Gasteiger partial charge in [-0.05, 0) is 35.4 Å². The van der Waals surface area contributed by atoms with Crippen molar-refractivity contribution < 1.29 is 19.1 Å². The number of hydrogen-bond acceptors (Lipinski definition) is 5. The number of amides is 2. The standard InChI is InChI=1S/C25H32N2O4S/c1-17(2)23(28)26-21-19-6-4-5-7-20(19)25(22(21)31-14-13-30-3)9-11-27(12-10-25)24(29)18-8-15-32-16-18/h4-8,15-17,21-22H,9-14H2,1-3H3,(H,26,28)/t21-,22+/m1/s1. The van der Waals surface area contributed by atoms with Gasteiger partial charge in [-0.15, -0.1) is 0 Å². The summed E-state index contributed by atoms with van der Waals surface area (Å²) in [4.78, 5) is 27.5. The lowest BCUT2D eigenvalue weighted by molar-refractivity contribution is -0.127. The maximum atomic E-state index is 12.9. The van der Waals surface area contributed by atoms with Crippen LogP contribution in [0, 0.1) is 5.92 Å². The van der Waals surface area contributed by atoms with Crippen molar-refractivity contribution in [2.75, 3.05) is 33.4 Å². The molecular formula is C25H32N2O4S. The van der Waals surface area contributed by atoms with Crippen LogP contribution in [0.1, 0.15) is 54.2 Å². The molecule has 32 heavy (non-hydrogen) atoms. The molecule has 0 radical (unpaired) electrons. The van der Waals surface area contributed by atoms with E-state index in [0.717, 1.165) is 24.0 Å². The van der Waals surface area contributed by atoms with E-state index in [1.807, 2.05) is 41.6 Å². The fourth-order valence-electron chi connectivity index (χ4n) is 5.08. The molecule has 1 aromatic heterocycles. The van der Waals surface area contributed by atoms with Crippen LogP contribution in [0.4, 0.5) is 0 Å². The SMILES string of the molecule is COCCO[C@H]1[C@H](NC(=O)C(C)C)c2ccccc2C12CCN(C(=O)c1ccsc1)CC2. The van der Waals surface area contributed by atoms with E-state index in [2.05, 4.69) is 23.5 Å². The summed E-state index contributed by atoms with van der Waals surface area (Å²) in [5, 5.41) is 7.10. The van der Waals surface area contributed by atoms with E-state index in [1.54, 1.807) is 18.4 Å². The number of ether oxygens (including phenoxy) is 2. The Morgan fingerprint density at radius 3 is 2.59 bits per heavy atom. The van der Waals surface area contributed by atoms with E-state index in [9.17, 15) is 9.59 Å². The molecule has 1 aliphatic carbocycles. The second kappa shape index (κ2) is 9.73. The molecule has 0 bridgehead atoms. The summed E-state index contributed by atoms with van der Waals surface area (Å²) >= 11 is 1.54. The lowest BCUT2D eigenvalue weighted by atomic mass is 9.71. The number of hydrogen-bond donors (Lipinski definition) is 1. The van der Waals surface area contributed by atoms with Crippen molar-refractivity contribution in [3.8, 4) is 0 Å². The topological polar surface area (TPSA) is 67.9 Å². The van der Waals surface area contributed by atoms with Crippen LogP contribution in [0.5, 0.6) is 0 Å². The van der Waals surface area contributed by atoms with Gasteiger partial charge in [0, 0.05) is 36.9 Å². The highest BCUT2D eigenvalue weighted by Crippen LogP contribution is 2.52. The third-order valence-electron chi connectivity index (χ3n) is 6.80. The molecule has 2 aliphatic rings. The van der Waals surface area contributed by atoms with Crippen LogP contribution in [0.15, 0.2) is 41.1 Å². The molecule has 4 rings (SSSR count). The van der Waals surface area contributed by atoms with Crippen molar-refractivity contribution >= 4 is 23.2 Å². The van der Waals surface area contributed by atoms with E-state index in [0.29, 0.717) is 26.3 Å². The zero-order chi connectivity index (χ0) is 22.7. The van der Waals surface area contributed by atoms with Gasteiger partial charge in [0.15, 0.2) is 0 Å². The minimum absolute atomic E-state index is 0.0206. The molecule has 2 amide bonds. The summed E-state index contributed by atoms with van der Waals surface area (Å²) in [5.74, 6) is 0.00424. The molecule has 7 heteroatoms. The van der Waals surface area contributed by atoms with E-state index in [-0.39, 0.29) is 35.3 Å². The number of fused-ring (bicyclic) bond motifs is 2. The molecule has 1 saturated heterocycles. The molecule has 1 aliphatic heterocycles. The van der Waals surface area contributed by atoms with Gasteiger partial charge in [0.05, 0.1) is 30.9 Å². The van der Waals surface area contributed by atoms with E-state index in [1.165, 1.54) is 5.56 Å². The van der Waals surface area contributed by atoms with Gasteiger partial charge >= 0.3 is 0 Å². The lowest BCUT2D eigenvalue weighted by Crippen LogP contribution is -2.52. The normalized spacial score (nSPS) is 21.7. The van der Waals surface area contributed by atoms with Gasteiger partial charge in [-0.25, -0.2) is 0 Å². The number of nitrogens with one attached hydrogen (secondary N) is 1. The summed E-state index contributed by atoms with van der Waals surface area (Å²) in [6.45, 7) is 6.09. The van der Waals surface area contributed by atoms with Crippen LogP contribution in [0.2, 0.25) is 0 Å². The number of benzene rings is 1. The molecule has 0 saturated carbocycles. The Hall–Kier alpha value is -2.22. The summed E-state index contributed by atoms with van der Waals surface area (Å²) in [6.07, 6.45) is 1.40. The highest BCUT2D eigenvalue weighted by molar-refractivity contribution is 7.08. The fourth-order valence-corrected chi connectivity index (χ4v) is 5.71. The highest BCUT2D eigenvalue weighted by atomic mass is 32.1. The molecule has 1 spiro atoms. The Morgan fingerprint density at radius 2 is 1.94 bits per heavy atom. The van der Waals surface area contributed by atoms with Gasteiger partial charge in [0.2, 0.25) is 5.91 Å². The zero-order valence-electron chi connectivity index (χ0n) is 19.0. The Morgan fingerprint density at radius 1 is 1.19 bits per heavy atom. The average Bonchev–Trinajstić information content (AvgIpc) is 3.42. The second-order valence-corrected chi connectivity index (χ2v) is 9.75. The van der Waals surface area contributed by atoms with Gasteiger partial charge in [-0.3, -0.25) is 9.59 Å². The second-order valence-electron chi connectivity index (χ2n) is 8.97. The first-order valence-electron chi connectivity index (χ1n) is 11.3. The Labute approximate surface area is 193 Å². The van der Waals surface area contributed by atoms with Gasteiger partial charge in [0.1, 0.15) is 0 Å². The number of carbonyl (C=O) groups is 2. The summed E-state index contributed by atoms with van der Waals surface area (Å²) in [6, 6.07) is 10.0. The maximum Gasteiger partial charge on any atom is 0.254 e. The first-order valence-corrected chi connectivity index (χ1v) is 12.2. The van der Waals surface area contributed by atoms with E-state index in [4.69, 9.17) is 9.47 Å². The number of carbonyl (C=O) groups excluding carboxylic acids is 2. The largest absolute Gasteiger partial charge is 0.382 e. The monoisotopic (exact) mass is 456 g/mol. The number of nitrogens with zero attached hydrogens (tertiary/aromatic N) is 1. The van der Waals surface area contributed by atoms with Crippen LogP contribution in [-0.4, -0.2) is 56.2 Å². The number of methoxy groups -OCH3 is 1. The fraction of sp³-hybridized carbons (Fsp3) is 0.520. The molecule has 1 fully saturated rings. The highest BCUT2D eigenvalue weighted by Gasteiger charge is 2.54. The molecule has 1 aromatic carbocycles. The molecule has 1 N–H and O–H groups in total. The van der Waals surface area contributed by atoms with Crippen LogP contribution >= 0.6 is 11.3 Å². The van der Waals surface area contributed by atoms with Crippen LogP contribution in [0.3, 0.4) is 0 Å². The molecule has 2 aromatic rings. The average molecular weight is 457 g/mol. The third kappa shape index (κ3) is 4.21. The van der Waals surface area contributed by atoms with E-state index < -0.39 is 0 Å². The lowest BCUT2D eigenvalue weighted by Gasteiger charge is -2.44. The van der Waals surface area contributed by atoms with Crippen molar-refractivity contribution in [2.45, 2.75) is 44.2 Å². The van der Waals surface area contributed by atoms with Crippen molar-refractivity contribution in [2.24, 2.45) is 5.92 Å². The zero-order valence-corrected chi connectivity index (χ0v) is 19.8. The minimum Gasteiger partial charge on any atom is -0.382 e. The first kappa shape index (κ1) is 23.0. The van der Waals surface area contributed by atoms with Gasteiger partial charge < -0.3 is 19.7 Å². The summed E-state index contributed by atoms with van der Waals surface area (Å²) in [7, 11) is 1.66. The number of likely N-dealkylation sites (tertiary alicyclic amines) is 1. The molecule has 0 unspecified atom stereocenters. The third-order valence-corrected chi connectivity index (χ3v) is 7.48. The molecular weight excluding hydrogens is 424 g/mol. The van der Waals surface area contributed by atoms with Crippen molar-refractivity contribution in [1.29, 1.82) is 0 Å². The number of rotatable bonds is 7. The van der Waals surface area contributed by atoms with Crippen molar-refractivity contribution in [1.82, 2.24) is 10.2 Å². The van der Waals surface area contributed by atoms with Crippen LogP contribution < -0.4 is 5.32 Å². The van der Waals surface area contributed by atoms with Crippen molar-refractivity contribution in [3.05, 3.63) is 57.8 Å². The molecule has 6 nitrogen and oxygen atoms in total. The predicted octanol–water partition coefficient (Wildman–Crippen LogP) is 3.78. The van der Waals surface area contributed by atoms with Gasteiger partial charge in [-0.1, -0.05) is 38.1 Å². The maximum absolute atomic E-state index is 12.9. The van der Waals surface area contributed by atoms with Crippen molar-refractivity contribution in [3.63, 3.8) is 0 Å². The predicted molar refractivity (Wildman–Crippen MR) is 125 cm³/mol. The summed E-state index contributed by atoms with van der Waals surface area (Å²) in [5.41, 5.74) is 2.87.